The van der Waals surface area contributed by atoms with Gasteiger partial charge in [-0.2, -0.15) is 0 Å². The van der Waals surface area contributed by atoms with Crippen LogP contribution in [0.15, 0.2) is 54.6 Å². The van der Waals surface area contributed by atoms with E-state index in [1.807, 2.05) is 52.0 Å². The zero-order chi connectivity index (χ0) is 19.6. The maximum atomic E-state index is 13.2. The van der Waals surface area contributed by atoms with Crippen LogP contribution in [-0.4, -0.2) is 22.9 Å². The Hall–Kier alpha value is -1.67. The van der Waals surface area contributed by atoms with Gasteiger partial charge >= 0.3 is 0 Å². The molecule has 0 radical (unpaired) electrons. The summed E-state index contributed by atoms with van der Waals surface area (Å²) in [6.45, 7) is 8.07. The van der Waals surface area contributed by atoms with Crippen molar-refractivity contribution in [2.24, 2.45) is 5.92 Å². The van der Waals surface area contributed by atoms with Crippen molar-refractivity contribution < 1.29 is 9.46 Å². The number of hydrogen-bond donors (Lipinski definition) is 2. The summed E-state index contributed by atoms with van der Waals surface area (Å²) >= 11 is 0. The molecule has 0 aliphatic heterocycles. The first-order valence-corrected chi connectivity index (χ1v) is 11.7. The van der Waals surface area contributed by atoms with Crippen LogP contribution in [0, 0.1) is 5.92 Å². The summed E-state index contributed by atoms with van der Waals surface area (Å²) < 4.78 is 13.2. The van der Waals surface area contributed by atoms with E-state index in [0.29, 0.717) is 12.6 Å². The second kappa shape index (κ2) is 8.14. The van der Waals surface area contributed by atoms with E-state index in [9.17, 15) is 9.46 Å². The van der Waals surface area contributed by atoms with Crippen molar-refractivity contribution in [3.63, 3.8) is 0 Å². The van der Waals surface area contributed by atoms with E-state index < -0.39 is 13.2 Å². The predicted octanol–water partition coefficient (Wildman–Crippen LogP) is 5.79. The molecule has 3 rings (SSSR count). The molecule has 0 saturated heterocycles. The van der Waals surface area contributed by atoms with E-state index in [1.165, 1.54) is 10.8 Å². The second-order valence-electron chi connectivity index (χ2n) is 8.17. The van der Waals surface area contributed by atoms with E-state index in [-0.39, 0.29) is 12.0 Å². The topological polar surface area (TPSA) is 49.3 Å². The van der Waals surface area contributed by atoms with Gasteiger partial charge in [-0.1, -0.05) is 76.2 Å². The fourth-order valence-corrected chi connectivity index (χ4v) is 6.17. The fourth-order valence-electron chi connectivity index (χ4n) is 3.87. The Morgan fingerprint density at radius 1 is 0.926 bits per heavy atom. The molecule has 27 heavy (non-hydrogen) atoms. The van der Waals surface area contributed by atoms with Gasteiger partial charge in [-0.15, -0.1) is 0 Å². The Labute approximate surface area is 162 Å². The van der Waals surface area contributed by atoms with Crippen molar-refractivity contribution in [3.05, 3.63) is 60.2 Å². The zero-order valence-electron chi connectivity index (χ0n) is 16.6. The highest BCUT2D eigenvalue weighted by molar-refractivity contribution is 7.58. The third-order valence-electron chi connectivity index (χ3n) is 4.92. The highest BCUT2D eigenvalue weighted by Gasteiger charge is 2.32. The monoisotopic (exact) mass is 383 g/mol. The van der Waals surface area contributed by atoms with Crippen LogP contribution in [0.4, 0.5) is 0 Å². The first-order chi connectivity index (χ1) is 12.8. The van der Waals surface area contributed by atoms with Crippen LogP contribution < -0.4 is 5.32 Å². The SMILES string of the molecule is CC(C)CP(=O)(O)C(Cc1c2ccccc2cc2ccccc12)NC(C)C. The van der Waals surface area contributed by atoms with Gasteiger partial charge in [0.05, 0.1) is 5.78 Å². The van der Waals surface area contributed by atoms with Crippen molar-refractivity contribution in [2.75, 3.05) is 6.16 Å². The summed E-state index contributed by atoms with van der Waals surface area (Å²) in [7, 11) is -3.35. The Bertz CT molecular complexity index is 926. The summed E-state index contributed by atoms with van der Waals surface area (Å²) in [6.07, 6.45) is 0.876. The molecule has 144 valence electrons. The summed E-state index contributed by atoms with van der Waals surface area (Å²) in [5.74, 6) is -0.268. The smallest absolute Gasteiger partial charge is 0.217 e. The van der Waals surface area contributed by atoms with Gasteiger partial charge in [-0.3, -0.25) is 4.57 Å². The maximum Gasteiger partial charge on any atom is 0.217 e. The van der Waals surface area contributed by atoms with Gasteiger partial charge in [-0.25, -0.2) is 0 Å². The molecule has 0 fully saturated rings. The summed E-state index contributed by atoms with van der Waals surface area (Å²) in [4.78, 5) is 10.9. The van der Waals surface area contributed by atoms with Gasteiger partial charge in [0.1, 0.15) is 0 Å². The third kappa shape index (κ3) is 4.60. The Morgan fingerprint density at radius 3 is 1.93 bits per heavy atom. The van der Waals surface area contributed by atoms with E-state index >= 15 is 0 Å². The van der Waals surface area contributed by atoms with Crippen molar-refractivity contribution in [2.45, 2.75) is 45.9 Å². The Morgan fingerprint density at radius 2 is 1.44 bits per heavy atom. The first kappa shape index (κ1) is 20.1. The van der Waals surface area contributed by atoms with Crippen LogP contribution in [0.5, 0.6) is 0 Å². The molecule has 0 amide bonds. The highest BCUT2D eigenvalue weighted by atomic mass is 31.2. The van der Waals surface area contributed by atoms with Crippen molar-refractivity contribution in [1.82, 2.24) is 5.32 Å². The number of hydrogen-bond acceptors (Lipinski definition) is 2. The number of fused-ring (bicyclic) bond motifs is 2. The van der Waals surface area contributed by atoms with Crippen molar-refractivity contribution >= 4 is 28.9 Å². The fraction of sp³-hybridized carbons (Fsp3) is 0.391. The molecular formula is C23H30NO2P. The molecule has 0 aliphatic carbocycles. The standard InChI is InChI=1S/C23H30NO2P/c1-16(2)15-27(25,26)23(24-17(3)4)14-22-20-11-7-5-9-18(20)13-19-10-6-8-12-21(19)22/h5-13,16-17,23-24H,14-15H2,1-4H3,(H,25,26). The minimum atomic E-state index is -3.35. The van der Waals surface area contributed by atoms with Crippen LogP contribution >= 0.6 is 7.37 Å². The van der Waals surface area contributed by atoms with Crippen molar-refractivity contribution in [3.8, 4) is 0 Å². The van der Waals surface area contributed by atoms with Gasteiger partial charge in [0.2, 0.25) is 7.37 Å². The number of nitrogens with one attached hydrogen (secondary N) is 1. The van der Waals surface area contributed by atoms with E-state index in [1.54, 1.807) is 0 Å². The molecule has 0 spiro atoms. The molecule has 0 saturated carbocycles. The largest absolute Gasteiger partial charge is 0.343 e. The average molecular weight is 383 g/mol. The molecule has 0 aliphatic rings. The molecule has 2 unspecified atom stereocenters. The highest BCUT2D eigenvalue weighted by Crippen LogP contribution is 2.49. The lowest BCUT2D eigenvalue weighted by atomic mass is 9.95. The van der Waals surface area contributed by atoms with Crippen LogP contribution in [0.25, 0.3) is 21.5 Å². The zero-order valence-corrected chi connectivity index (χ0v) is 17.5. The van der Waals surface area contributed by atoms with E-state index in [0.717, 1.165) is 16.3 Å². The molecule has 2 atom stereocenters. The molecule has 0 bridgehead atoms. The van der Waals surface area contributed by atoms with E-state index in [4.69, 9.17) is 0 Å². The molecule has 4 heteroatoms. The molecule has 3 aromatic rings. The van der Waals surface area contributed by atoms with Gasteiger partial charge in [0.15, 0.2) is 0 Å². The minimum absolute atomic E-state index is 0.142. The van der Waals surface area contributed by atoms with Gasteiger partial charge in [0, 0.05) is 12.2 Å². The maximum absolute atomic E-state index is 13.2. The summed E-state index contributed by atoms with van der Waals surface area (Å²) in [6, 6.07) is 19.0. The summed E-state index contributed by atoms with van der Waals surface area (Å²) in [5.41, 5.74) is 1.15. The van der Waals surface area contributed by atoms with Gasteiger partial charge in [-0.05, 0) is 45.5 Å². The molecule has 3 nitrogen and oxygen atoms in total. The summed E-state index contributed by atoms with van der Waals surface area (Å²) in [5, 5.41) is 8.06. The van der Waals surface area contributed by atoms with Gasteiger partial charge in [0.25, 0.3) is 0 Å². The third-order valence-corrected chi connectivity index (χ3v) is 7.48. The minimum Gasteiger partial charge on any atom is -0.343 e. The normalized spacial score (nSPS) is 15.5. The van der Waals surface area contributed by atoms with E-state index in [2.05, 4.69) is 35.6 Å². The Balaban J connectivity index is 2.14. The number of benzene rings is 3. The molecule has 0 heterocycles. The molecule has 3 aromatic carbocycles. The van der Waals surface area contributed by atoms with Crippen molar-refractivity contribution in [1.29, 1.82) is 0 Å². The quantitative estimate of drug-likeness (QED) is 0.401. The van der Waals surface area contributed by atoms with Crippen LogP contribution in [0.1, 0.15) is 33.3 Å². The molecular weight excluding hydrogens is 353 g/mol. The molecule has 0 aromatic heterocycles. The lowest BCUT2D eigenvalue weighted by Gasteiger charge is -2.28. The number of rotatable bonds is 7. The van der Waals surface area contributed by atoms with Crippen LogP contribution in [-0.2, 0) is 11.0 Å². The van der Waals surface area contributed by atoms with Crippen LogP contribution in [0.2, 0.25) is 0 Å². The average Bonchev–Trinajstić information content (AvgIpc) is 2.59. The van der Waals surface area contributed by atoms with Crippen LogP contribution in [0.3, 0.4) is 0 Å². The first-order valence-electron chi connectivity index (χ1n) is 9.75. The second-order valence-corrected chi connectivity index (χ2v) is 10.7. The lowest BCUT2D eigenvalue weighted by Crippen LogP contribution is -2.37. The predicted molar refractivity (Wildman–Crippen MR) is 117 cm³/mol. The molecule has 2 N–H and O–H groups in total. The Kier molecular flexibility index (Phi) is 6.05. The lowest BCUT2D eigenvalue weighted by molar-refractivity contribution is 0.424. The van der Waals surface area contributed by atoms with Gasteiger partial charge < -0.3 is 10.2 Å².